The number of hydrogen-bond donors (Lipinski definition) is 1. The van der Waals surface area contributed by atoms with Crippen molar-refractivity contribution in [3.8, 4) is 28.7 Å². The number of carbonyl (C=O) groups is 2. The summed E-state index contributed by atoms with van der Waals surface area (Å²) in [5.74, 6) is 2.08. The lowest BCUT2D eigenvalue weighted by Gasteiger charge is -2.17. The van der Waals surface area contributed by atoms with E-state index in [0.717, 1.165) is 18.4 Å². The lowest BCUT2D eigenvalue weighted by Crippen LogP contribution is -2.33. The van der Waals surface area contributed by atoms with Crippen molar-refractivity contribution < 1.29 is 28.2 Å². The molecule has 1 saturated carbocycles. The highest BCUT2D eigenvalue weighted by Crippen LogP contribution is 2.36. The maximum Gasteiger partial charge on any atom is 0.350 e. The SMILES string of the molecule is CCOC(=O)c1cnc(Nc2cc(Oc3ccc(-c4nnc(C)o4)cc3)cc(OC3CCN(C4CC4)C3=O)c2)s1. The van der Waals surface area contributed by atoms with E-state index < -0.39 is 12.1 Å². The van der Waals surface area contributed by atoms with Gasteiger partial charge in [-0.3, -0.25) is 4.79 Å². The van der Waals surface area contributed by atoms with Gasteiger partial charge in [0, 0.05) is 55.4 Å². The molecule has 0 bridgehead atoms. The number of thiazole rings is 1. The summed E-state index contributed by atoms with van der Waals surface area (Å²) in [5, 5.41) is 11.6. The van der Waals surface area contributed by atoms with E-state index in [0.29, 0.717) is 63.7 Å². The average molecular weight is 562 g/mol. The number of likely N-dealkylation sites (tertiary alicyclic amines) is 1. The molecule has 2 aromatic heterocycles. The fourth-order valence-corrected chi connectivity index (χ4v) is 5.17. The third-order valence-electron chi connectivity index (χ3n) is 6.43. The van der Waals surface area contributed by atoms with Crippen LogP contribution in [0.1, 0.15) is 41.7 Å². The molecule has 1 saturated heterocycles. The minimum atomic E-state index is -0.545. The Balaban J connectivity index is 1.23. The fourth-order valence-electron chi connectivity index (χ4n) is 4.43. The number of aryl methyl sites for hydroxylation is 1. The number of amides is 1. The van der Waals surface area contributed by atoms with Gasteiger partial charge in [-0.25, -0.2) is 9.78 Å². The molecule has 2 aromatic carbocycles. The molecule has 1 aliphatic heterocycles. The predicted molar refractivity (Wildman–Crippen MR) is 146 cm³/mol. The Morgan fingerprint density at radius 1 is 1.10 bits per heavy atom. The maximum absolute atomic E-state index is 12.9. The molecule has 2 fully saturated rings. The van der Waals surface area contributed by atoms with Crippen molar-refractivity contribution in [1.29, 1.82) is 0 Å². The topological polar surface area (TPSA) is 129 Å². The first-order valence-electron chi connectivity index (χ1n) is 13.1. The number of rotatable bonds is 10. The third-order valence-corrected chi connectivity index (χ3v) is 7.33. The van der Waals surface area contributed by atoms with Gasteiger partial charge in [-0.15, -0.1) is 10.2 Å². The zero-order valence-corrected chi connectivity index (χ0v) is 22.8. The molecular formula is C28H27N5O6S. The second-order valence-corrected chi connectivity index (χ2v) is 10.5. The smallest absolute Gasteiger partial charge is 0.350 e. The van der Waals surface area contributed by atoms with Crippen LogP contribution >= 0.6 is 11.3 Å². The summed E-state index contributed by atoms with van der Waals surface area (Å²) in [6.07, 6.45) is 3.68. The van der Waals surface area contributed by atoms with Gasteiger partial charge >= 0.3 is 5.97 Å². The van der Waals surface area contributed by atoms with Gasteiger partial charge in [0.2, 0.25) is 11.8 Å². The van der Waals surface area contributed by atoms with E-state index >= 15 is 0 Å². The number of anilines is 2. The molecule has 2 aliphatic rings. The molecule has 3 heterocycles. The van der Waals surface area contributed by atoms with E-state index in [4.69, 9.17) is 18.6 Å². The molecule has 0 spiro atoms. The number of nitrogens with one attached hydrogen (secondary N) is 1. The van der Waals surface area contributed by atoms with Gasteiger partial charge in [0.1, 0.15) is 22.1 Å². The van der Waals surface area contributed by atoms with Crippen LogP contribution in [0.3, 0.4) is 0 Å². The van der Waals surface area contributed by atoms with Crippen molar-refractivity contribution in [1.82, 2.24) is 20.1 Å². The molecule has 12 heteroatoms. The highest BCUT2D eigenvalue weighted by molar-refractivity contribution is 7.17. The van der Waals surface area contributed by atoms with E-state index in [-0.39, 0.29) is 12.5 Å². The highest BCUT2D eigenvalue weighted by Gasteiger charge is 2.41. The monoisotopic (exact) mass is 561 g/mol. The van der Waals surface area contributed by atoms with Crippen LogP contribution in [0.5, 0.6) is 17.2 Å². The van der Waals surface area contributed by atoms with Crippen LogP contribution in [0.15, 0.2) is 53.1 Å². The Bertz CT molecular complexity index is 1530. The molecule has 1 unspecified atom stereocenters. The molecule has 1 amide bonds. The Hall–Kier alpha value is -4.45. The maximum atomic E-state index is 12.9. The average Bonchev–Trinajstić information content (AvgIpc) is 3.32. The first-order valence-corrected chi connectivity index (χ1v) is 13.9. The van der Waals surface area contributed by atoms with Crippen molar-refractivity contribution in [3.63, 3.8) is 0 Å². The first-order chi connectivity index (χ1) is 19.4. The summed E-state index contributed by atoms with van der Waals surface area (Å²) in [5.41, 5.74) is 1.40. The van der Waals surface area contributed by atoms with Gasteiger partial charge in [-0.05, 0) is 44.0 Å². The predicted octanol–water partition coefficient (Wildman–Crippen LogP) is 5.36. The summed E-state index contributed by atoms with van der Waals surface area (Å²) in [6.45, 7) is 4.48. The van der Waals surface area contributed by atoms with Crippen molar-refractivity contribution in [2.45, 2.75) is 45.3 Å². The summed E-state index contributed by atoms with van der Waals surface area (Å²) in [6, 6.07) is 12.9. The van der Waals surface area contributed by atoms with Crippen molar-refractivity contribution in [2.75, 3.05) is 18.5 Å². The first kappa shape index (κ1) is 25.8. The summed E-state index contributed by atoms with van der Waals surface area (Å²) in [4.78, 5) is 31.6. The molecule has 1 atom stereocenters. The van der Waals surface area contributed by atoms with Crippen LogP contribution in [0.2, 0.25) is 0 Å². The Morgan fingerprint density at radius 2 is 1.90 bits per heavy atom. The van der Waals surface area contributed by atoms with Gasteiger partial charge in [0.15, 0.2) is 11.2 Å². The minimum Gasteiger partial charge on any atom is -0.480 e. The van der Waals surface area contributed by atoms with Crippen LogP contribution in [-0.4, -0.2) is 57.3 Å². The largest absolute Gasteiger partial charge is 0.480 e. The van der Waals surface area contributed by atoms with Crippen LogP contribution in [-0.2, 0) is 9.53 Å². The number of hydrogen-bond acceptors (Lipinski definition) is 11. The fraction of sp³-hybridized carbons (Fsp3) is 0.321. The van der Waals surface area contributed by atoms with Crippen molar-refractivity contribution >= 4 is 34.0 Å². The summed E-state index contributed by atoms with van der Waals surface area (Å²) in [7, 11) is 0. The van der Waals surface area contributed by atoms with Gasteiger partial charge in [0.25, 0.3) is 5.91 Å². The van der Waals surface area contributed by atoms with E-state index in [1.165, 1.54) is 17.5 Å². The molecular weight excluding hydrogens is 534 g/mol. The number of nitrogens with zero attached hydrogens (tertiary/aromatic N) is 4. The van der Waals surface area contributed by atoms with Gasteiger partial charge in [0.05, 0.1) is 12.8 Å². The van der Waals surface area contributed by atoms with Crippen molar-refractivity contribution in [3.05, 3.63) is 59.4 Å². The highest BCUT2D eigenvalue weighted by atomic mass is 32.1. The minimum absolute atomic E-state index is 0.0224. The quantitative estimate of drug-likeness (QED) is 0.253. The number of ether oxygens (including phenoxy) is 3. The molecule has 4 aromatic rings. The Labute approximate surface area is 234 Å². The lowest BCUT2D eigenvalue weighted by atomic mass is 10.2. The van der Waals surface area contributed by atoms with Crippen LogP contribution in [0.25, 0.3) is 11.5 Å². The van der Waals surface area contributed by atoms with Gasteiger partial charge in [-0.1, -0.05) is 11.3 Å². The molecule has 1 N–H and O–H groups in total. The molecule has 1 aliphatic carbocycles. The second-order valence-electron chi connectivity index (χ2n) is 9.48. The molecule has 206 valence electrons. The summed E-state index contributed by atoms with van der Waals surface area (Å²) >= 11 is 1.18. The summed E-state index contributed by atoms with van der Waals surface area (Å²) < 4.78 is 22.9. The number of aromatic nitrogens is 3. The number of carbonyl (C=O) groups excluding carboxylic acids is 2. The van der Waals surface area contributed by atoms with E-state index in [2.05, 4.69) is 20.5 Å². The zero-order valence-electron chi connectivity index (χ0n) is 22.0. The van der Waals surface area contributed by atoms with Crippen LogP contribution in [0, 0.1) is 6.92 Å². The zero-order chi connectivity index (χ0) is 27.6. The lowest BCUT2D eigenvalue weighted by molar-refractivity contribution is -0.133. The molecule has 6 rings (SSSR count). The second kappa shape index (κ2) is 11.0. The normalized spacial score (nSPS) is 16.7. The van der Waals surface area contributed by atoms with E-state index in [1.807, 2.05) is 17.0 Å². The van der Waals surface area contributed by atoms with Crippen LogP contribution in [0.4, 0.5) is 10.8 Å². The van der Waals surface area contributed by atoms with Gasteiger partial charge < -0.3 is 28.8 Å². The third kappa shape index (κ3) is 5.76. The van der Waals surface area contributed by atoms with E-state index in [9.17, 15) is 9.59 Å². The number of benzene rings is 2. The van der Waals surface area contributed by atoms with Gasteiger partial charge in [-0.2, -0.15) is 0 Å². The standard InChI is InChI=1S/C28H27N5O6S/c1-3-36-27(35)24-15-29-28(40-24)30-18-12-21(38-20-8-4-17(5-9-20)25-32-31-16(2)37-25)14-22(13-18)39-23-10-11-33(26(23)34)19-6-7-19/h4-5,8-9,12-15,19,23H,3,6-7,10-11H2,1-2H3,(H,29,30). The van der Waals surface area contributed by atoms with Crippen molar-refractivity contribution in [2.24, 2.45) is 0 Å². The molecule has 0 radical (unpaired) electrons. The molecule has 40 heavy (non-hydrogen) atoms. The number of esters is 1. The Morgan fingerprint density at radius 3 is 2.62 bits per heavy atom. The molecule has 11 nitrogen and oxygen atoms in total. The van der Waals surface area contributed by atoms with Crippen LogP contribution < -0.4 is 14.8 Å². The van der Waals surface area contributed by atoms with E-state index in [1.54, 1.807) is 44.2 Å². The Kier molecular flexibility index (Phi) is 7.08.